The molecule has 0 aromatic heterocycles. The van der Waals surface area contributed by atoms with Gasteiger partial charge in [-0.1, -0.05) is 0 Å². The molecule has 0 saturated carbocycles. The minimum absolute atomic E-state index is 0.205. The highest BCUT2D eigenvalue weighted by atomic mass is 32.2. The Morgan fingerprint density at radius 2 is 1.82 bits per heavy atom. The Labute approximate surface area is 101 Å². The fraction of sp³-hybridized carbons (Fsp3) is 0.778. The smallest absolute Gasteiger partial charge is 0.320 e. The molecule has 0 aliphatic carbocycles. The molecule has 8 heteroatoms. The summed E-state index contributed by atoms with van der Waals surface area (Å²) in [4.78, 5) is 21.9. The highest BCUT2D eigenvalue weighted by Crippen LogP contribution is 2.01. The molecule has 7 nitrogen and oxygen atoms in total. The summed E-state index contributed by atoms with van der Waals surface area (Å²) in [5.74, 6) is -1.63. The molecule has 0 unspecified atom stereocenters. The van der Waals surface area contributed by atoms with Gasteiger partial charge in [-0.2, -0.15) is 4.31 Å². The Balaban J connectivity index is 4.28. The Morgan fingerprint density at radius 1 is 1.24 bits per heavy atom. The van der Waals surface area contributed by atoms with Gasteiger partial charge in [-0.25, -0.2) is 8.42 Å². The Kier molecular flexibility index (Phi) is 6.74. The van der Waals surface area contributed by atoms with Crippen LogP contribution in [0.4, 0.5) is 0 Å². The third-order valence-corrected chi connectivity index (χ3v) is 3.72. The van der Waals surface area contributed by atoms with E-state index in [4.69, 9.17) is 0 Å². The zero-order valence-corrected chi connectivity index (χ0v) is 10.9. The maximum absolute atomic E-state index is 11.6. The van der Waals surface area contributed by atoms with Crippen LogP contribution in [-0.2, 0) is 29.1 Å². The summed E-state index contributed by atoms with van der Waals surface area (Å²) in [5, 5.41) is 0. The summed E-state index contributed by atoms with van der Waals surface area (Å²) in [5.41, 5.74) is 0. The molecule has 0 rings (SSSR count). The van der Waals surface area contributed by atoms with Crippen molar-refractivity contribution in [1.82, 2.24) is 4.31 Å². The molecule has 0 saturated heterocycles. The lowest BCUT2D eigenvalue weighted by molar-refractivity contribution is -0.142. The highest BCUT2D eigenvalue weighted by Gasteiger charge is 2.22. The van der Waals surface area contributed by atoms with Crippen LogP contribution < -0.4 is 0 Å². The van der Waals surface area contributed by atoms with Crippen LogP contribution in [0.2, 0.25) is 0 Å². The predicted molar refractivity (Wildman–Crippen MR) is 59.7 cm³/mol. The molecular formula is C9H17NO6S. The van der Waals surface area contributed by atoms with Gasteiger partial charge in [0.2, 0.25) is 10.0 Å². The monoisotopic (exact) mass is 267 g/mol. The molecule has 0 aliphatic rings. The molecule has 17 heavy (non-hydrogen) atoms. The van der Waals surface area contributed by atoms with Crippen molar-refractivity contribution in [2.45, 2.75) is 13.3 Å². The summed E-state index contributed by atoms with van der Waals surface area (Å²) < 4.78 is 33.0. The number of nitrogens with zero attached hydrogens (tertiary/aromatic N) is 1. The van der Waals surface area contributed by atoms with Crippen molar-refractivity contribution in [3.05, 3.63) is 0 Å². The van der Waals surface area contributed by atoms with Crippen molar-refractivity contribution >= 4 is 22.0 Å². The fourth-order valence-electron chi connectivity index (χ4n) is 0.946. The molecular weight excluding hydrogens is 250 g/mol. The van der Waals surface area contributed by atoms with Gasteiger partial charge in [-0.3, -0.25) is 9.59 Å². The molecule has 100 valence electrons. The van der Waals surface area contributed by atoms with E-state index in [0.717, 1.165) is 4.31 Å². The van der Waals surface area contributed by atoms with Gasteiger partial charge < -0.3 is 9.47 Å². The van der Waals surface area contributed by atoms with Crippen LogP contribution in [-0.4, -0.2) is 57.7 Å². The molecule has 0 bridgehead atoms. The van der Waals surface area contributed by atoms with E-state index in [0.29, 0.717) is 0 Å². The number of methoxy groups -OCH3 is 1. The van der Waals surface area contributed by atoms with E-state index in [1.165, 1.54) is 14.2 Å². The van der Waals surface area contributed by atoms with E-state index in [1.54, 1.807) is 6.92 Å². The second kappa shape index (κ2) is 7.23. The van der Waals surface area contributed by atoms with Crippen LogP contribution in [0.1, 0.15) is 13.3 Å². The van der Waals surface area contributed by atoms with Crippen LogP contribution in [0.15, 0.2) is 0 Å². The Hall–Kier alpha value is -1.15. The van der Waals surface area contributed by atoms with E-state index in [9.17, 15) is 18.0 Å². The van der Waals surface area contributed by atoms with Gasteiger partial charge in [0, 0.05) is 7.05 Å². The van der Waals surface area contributed by atoms with E-state index in [1.807, 2.05) is 0 Å². The molecule has 0 fully saturated rings. The molecule has 0 aromatic carbocycles. The minimum Gasteiger partial charge on any atom is -0.468 e. The van der Waals surface area contributed by atoms with Crippen molar-refractivity contribution in [3.63, 3.8) is 0 Å². The minimum atomic E-state index is -3.65. The number of carbonyl (C=O) groups excluding carboxylic acids is 2. The first kappa shape index (κ1) is 15.9. The second-order valence-electron chi connectivity index (χ2n) is 3.20. The molecule has 0 spiro atoms. The number of carbonyl (C=O) groups is 2. The molecule has 0 atom stereocenters. The van der Waals surface area contributed by atoms with Crippen LogP contribution in [0, 0.1) is 0 Å². The summed E-state index contributed by atoms with van der Waals surface area (Å²) in [7, 11) is -1.23. The molecule has 0 aromatic rings. The van der Waals surface area contributed by atoms with Gasteiger partial charge in [0.25, 0.3) is 0 Å². The van der Waals surface area contributed by atoms with Gasteiger partial charge in [-0.05, 0) is 6.92 Å². The lowest BCUT2D eigenvalue weighted by Crippen LogP contribution is -2.35. The summed E-state index contributed by atoms with van der Waals surface area (Å²) in [6, 6.07) is 0. The lowest BCUT2D eigenvalue weighted by Gasteiger charge is -2.15. The highest BCUT2D eigenvalue weighted by molar-refractivity contribution is 7.89. The molecule has 0 amide bonds. The van der Waals surface area contributed by atoms with E-state index in [2.05, 4.69) is 9.47 Å². The number of hydrogen-bond donors (Lipinski definition) is 0. The van der Waals surface area contributed by atoms with Gasteiger partial charge in [-0.15, -0.1) is 0 Å². The fourth-order valence-corrected chi connectivity index (χ4v) is 1.98. The number of rotatable bonds is 7. The molecule has 0 radical (unpaired) electrons. The SMILES string of the molecule is CCOC(=O)CCS(=O)(=O)N(C)CC(=O)OC. The van der Waals surface area contributed by atoms with Crippen molar-refractivity contribution in [1.29, 1.82) is 0 Å². The lowest BCUT2D eigenvalue weighted by atomic mass is 10.5. The number of hydrogen-bond acceptors (Lipinski definition) is 6. The Morgan fingerprint density at radius 3 is 2.29 bits per heavy atom. The zero-order chi connectivity index (χ0) is 13.5. The van der Waals surface area contributed by atoms with E-state index >= 15 is 0 Å². The van der Waals surface area contributed by atoms with E-state index in [-0.39, 0.29) is 25.3 Å². The average Bonchev–Trinajstić information content (AvgIpc) is 2.26. The third kappa shape index (κ3) is 6.22. The topological polar surface area (TPSA) is 90.0 Å². The van der Waals surface area contributed by atoms with Crippen molar-refractivity contribution in [2.24, 2.45) is 0 Å². The summed E-state index contributed by atoms with van der Waals surface area (Å²) >= 11 is 0. The van der Waals surface area contributed by atoms with Crippen molar-refractivity contribution < 1.29 is 27.5 Å². The van der Waals surface area contributed by atoms with Gasteiger partial charge >= 0.3 is 11.9 Å². The standard InChI is InChI=1S/C9H17NO6S/c1-4-16-8(11)5-6-17(13,14)10(2)7-9(12)15-3/h4-7H2,1-3H3. The van der Waals surface area contributed by atoms with Gasteiger partial charge in [0.15, 0.2) is 0 Å². The predicted octanol–water partition coefficient (Wildman–Crippen LogP) is -0.626. The normalized spacial score (nSPS) is 11.3. The van der Waals surface area contributed by atoms with Crippen molar-refractivity contribution in [3.8, 4) is 0 Å². The number of likely N-dealkylation sites (N-methyl/N-ethyl adjacent to an activating group) is 1. The number of ether oxygens (including phenoxy) is 2. The number of sulfonamides is 1. The molecule has 0 heterocycles. The van der Waals surface area contributed by atoms with Gasteiger partial charge in [0.05, 0.1) is 25.9 Å². The zero-order valence-electron chi connectivity index (χ0n) is 10.1. The third-order valence-electron chi connectivity index (χ3n) is 1.92. The van der Waals surface area contributed by atoms with Gasteiger partial charge in [0.1, 0.15) is 6.54 Å². The maximum Gasteiger partial charge on any atom is 0.320 e. The quantitative estimate of drug-likeness (QED) is 0.571. The second-order valence-corrected chi connectivity index (χ2v) is 5.40. The van der Waals surface area contributed by atoms with Crippen LogP contribution >= 0.6 is 0 Å². The van der Waals surface area contributed by atoms with E-state index < -0.39 is 22.0 Å². The largest absolute Gasteiger partial charge is 0.468 e. The first-order chi connectivity index (χ1) is 7.83. The Bertz CT molecular complexity index is 364. The van der Waals surface area contributed by atoms with Crippen molar-refractivity contribution in [2.75, 3.05) is 33.1 Å². The number of esters is 2. The van der Waals surface area contributed by atoms with Crippen LogP contribution in [0.3, 0.4) is 0 Å². The van der Waals surface area contributed by atoms with Crippen LogP contribution in [0.25, 0.3) is 0 Å². The molecule has 0 aliphatic heterocycles. The molecule has 0 N–H and O–H groups in total. The summed E-state index contributed by atoms with van der Waals surface area (Å²) in [6.07, 6.45) is -0.234. The average molecular weight is 267 g/mol. The maximum atomic E-state index is 11.6. The summed E-state index contributed by atoms with van der Waals surface area (Å²) in [6.45, 7) is 1.47. The first-order valence-corrected chi connectivity index (χ1v) is 6.60. The first-order valence-electron chi connectivity index (χ1n) is 5.00. The van der Waals surface area contributed by atoms with Crippen LogP contribution in [0.5, 0.6) is 0 Å².